The molecular formula is C26H21ClN2O5. The van der Waals surface area contributed by atoms with Gasteiger partial charge >= 0.3 is 0 Å². The second kappa shape index (κ2) is 9.80. The Bertz CT molecular complexity index is 1430. The van der Waals surface area contributed by atoms with Crippen molar-refractivity contribution in [2.45, 2.75) is 20.0 Å². The van der Waals surface area contributed by atoms with Crippen molar-refractivity contribution in [1.29, 1.82) is 0 Å². The van der Waals surface area contributed by atoms with Crippen molar-refractivity contribution in [3.8, 4) is 17.1 Å². The van der Waals surface area contributed by atoms with E-state index in [9.17, 15) is 14.4 Å². The summed E-state index contributed by atoms with van der Waals surface area (Å²) >= 11 is 6.36. The minimum absolute atomic E-state index is 0.101. The van der Waals surface area contributed by atoms with Crippen molar-refractivity contribution >= 4 is 45.8 Å². The minimum atomic E-state index is -1.03. The van der Waals surface area contributed by atoms with E-state index in [2.05, 4.69) is 10.6 Å². The maximum absolute atomic E-state index is 13.3. The number of halogens is 1. The molecule has 34 heavy (non-hydrogen) atoms. The molecule has 1 aromatic heterocycles. The van der Waals surface area contributed by atoms with Crippen LogP contribution in [0.2, 0.25) is 5.02 Å². The molecule has 1 atom stereocenters. The van der Waals surface area contributed by atoms with E-state index in [4.69, 9.17) is 20.8 Å². The van der Waals surface area contributed by atoms with Crippen molar-refractivity contribution in [1.82, 2.24) is 0 Å². The first-order chi connectivity index (χ1) is 16.3. The van der Waals surface area contributed by atoms with Crippen LogP contribution >= 0.6 is 11.6 Å². The van der Waals surface area contributed by atoms with Gasteiger partial charge in [-0.15, -0.1) is 0 Å². The van der Waals surface area contributed by atoms with Gasteiger partial charge < -0.3 is 19.8 Å². The van der Waals surface area contributed by atoms with E-state index in [1.54, 1.807) is 72.8 Å². The van der Waals surface area contributed by atoms with E-state index in [1.165, 1.54) is 13.8 Å². The van der Waals surface area contributed by atoms with Crippen LogP contribution in [0.15, 0.2) is 82.0 Å². The number of nitrogens with one attached hydrogen (secondary N) is 2. The number of rotatable bonds is 6. The van der Waals surface area contributed by atoms with Gasteiger partial charge in [-0.3, -0.25) is 14.4 Å². The highest BCUT2D eigenvalue weighted by atomic mass is 35.5. The summed E-state index contributed by atoms with van der Waals surface area (Å²) in [7, 11) is 0. The molecule has 2 N–H and O–H groups in total. The number of amides is 2. The number of anilines is 2. The largest absolute Gasteiger partial charge is 0.473 e. The molecular weight excluding hydrogens is 456 g/mol. The van der Waals surface area contributed by atoms with Gasteiger partial charge in [-0.05, 0) is 55.5 Å². The highest BCUT2D eigenvalue weighted by molar-refractivity contribution is 6.33. The zero-order valence-corrected chi connectivity index (χ0v) is 19.2. The van der Waals surface area contributed by atoms with Crippen LogP contribution in [0.5, 0.6) is 5.75 Å². The van der Waals surface area contributed by atoms with Gasteiger partial charge in [0, 0.05) is 23.9 Å². The molecule has 1 heterocycles. The fourth-order valence-corrected chi connectivity index (χ4v) is 3.59. The smallest absolute Gasteiger partial charge is 0.265 e. The summed E-state index contributed by atoms with van der Waals surface area (Å²) in [6, 6.07) is 20.3. The molecule has 0 aliphatic rings. The van der Waals surface area contributed by atoms with Gasteiger partial charge in [-0.1, -0.05) is 35.9 Å². The van der Waals surface area contributed by atoms with Crippen LogP contribution in [0.25, 0.3) is 22.3 Å². The lowest BCUT2D eigenvalue weighted by molar-refractivity contribution is -0.122. The molecule has 2 amide bonds. The molecule has 1 unspecified atom stereocenters. The van der Waals surface area contributed by atoms with E-state index in [-0.39, 0.29) is 17.4 Å². The lowest BCUT2D eigenvalue weighted by atomic mass is 10.1. The number of carbonyl (C=O) groups excluding carboxylic acids is 2. The summed E-state index contributed by atoms with van der Waals surface area (Å²) in [6.45, 7) is 2.95. The zero-order valence-electron chi connectivity index (χ0n) is 18.4. The van der Waals surface area contributed by atoms with Gasteiger partial charge in [0.1, 0.15) is 5.58 Å². The Kier molecular flexibility index (Phi) is 6.65. The van der Waals surface area contributed by atoms with Gasteiger partial charge in [0.2, 0.25) is 17.1 Å². The first-order valence-corrected chi connectivity index (χ1v) is 10.9. The Labute approximate surface area is 200 Å². The standard InChI is InChI=1S/C26H21ClN2O5/c1-15(26(32)29-18-13-11-17(12-14-18)28-16(2)30)33-25-23(31)20-8-4-6-10-22(20)34-24(25)19-7-3-5-9-21(19)27/h3-15H,1-2H3,(H,28,30)(H,29,32). The highest BCUT2D eigenvalue weighted by Gasteiger charge is 2.24. The maximum Gasteiger partial charge on any atom is 0.265 e. The van der Waals surface area contributed by atoms with E-state index in [0.29, 0.717) is 32.9 Å². The molecule has 0 aliphatic heterocycles. The van der Waals surface area contributed by atoms with Gasteiger partial charge in [-0.2, -0.15) is 0 Å². The van der Waals surface area contributed by atoms with E-state index < -0.39 is 17.4 Å². The van der Waals surface area contributed by atoms with Gasteiger partial charge in [0.15, 0.2) is 11.9 Å². The molecule has 172 valence electrons. The van der Waals surface area contributed by atoms with Crippen LogP contribution in [-0.4, -0.2) is 17.9 Å². The minimum Gasteiger partial charge on any atom is -0.473 e. The number of carbonyl (C=O) groups is 2. The Morgan fingerprint density at radius 2 is 1.53 bits per heavy atom. The quantitative estimate of drug-likeness (QED) is 0.384. The Balaban J connectivity index is 1.64. The molecule has 0 radical (unpaired) electrons. The molecule has 0 saturated heterocycles. The normalized spacial score (nSPS) is 11.6. The first kappa shape index (κ1) is 23.1. The summed E-state index contributed by atoms with van der Waals surface area (Å²) in [5.41, 5.74) is 1.56. The van der Waals surface area contributed by atoms with Gasteiger partial charge in [0.25, 0.3) is 5.91 Å². The second-order valence-corrected chi connectivity index (χ2v) is 7.98. The number of benzene rings is 3. The van der Waals surface area contributed by atoms with Crippen molar-refractivity contribution in [2.24, 2.45) is 0 Å². The third kappa shape index (κ3) is 4.94. The molecule has 0 spiro atoms. The topological polar surface area (TPSA) is 97.6 Å². The number of hydrogen-bond acceptors (Lipinski definition) is 5. The summed E-state index contributed by atoms with van der Waals surface area (Å²) in [6.07, 6.45) is -1.03. The van der Waals surface area contributed by atoms with Crippen LogP contribution in [0.4, 0.5) is 11.4 Å². The molecule has 4 aromatic rings. The van der Waals surface area contributed by atoms with Crippen molar-refractivity contribution in [3.05, 3.63) is 88.0 Å². The number of ether oxygens (including phenoxy) is 1. The predicted octanol–water partition coefficient (Wildman–Crippen LogP) is 5.48. The Morgan fingerprint density at radius 1 is 0.912 bits per heavy atom. The zero-order chi connectivity index (χ0) is 24.2. The van der Waals surface area contributed by atoms with Crippen molar-refractivity contribution < 1.29 is 18.7 Å². The summed E-state index contributed by atoms with van der Waals surface area (Å²) < 4.78 is 11.9. The average Bonchev–Trinajstić information content (AvgIpc) is 2.82. The van der Waals surface area contributed by atoms with Crippen LogP contribution in [-0.2, 0) is 9.59 Å². The Morgan fingerprint density at radius 3 is 2.21 bits per heavy atom. The van der Waals surface area contributed by atoms with Crippen LogP contribution < -0.4 is 20.8 Å². The van der Waals surface area contributed by atoms with Gasteiger partial charge in [0.05, 0.1) is 10.4 Å². The van der Waals surface area contributed by atoms with Crippen LogP contribution in [0.3, 0.4) is 0 Å². The number of fused-ring (bicyclic) bond motifs is 1. The average molecular weight is 477 g/mol. The van der Waals surface area contributed by atoms with Crippen molar-refractivity contribution in [2.75, 3.05) is 10.6 Å². The molecule has 0 bridgehead atoms. The molecule has 0 aliphatic carbocycles. The van der Waals surface area contributed by atoms with Crippen LogP contribution in [0, 0.1) is 0 Å². The number of hydrogen-bond donors (Lipinski definition) is 2. The van der Waals surface area contributed by atoms with Gasteiger partial charge in [-0.25, -0.2) is 0 Å². The fraction of sp³-hybridized carbons (Fsp3) is 0.115. The fourth-order valence-electron chi connectivity index (χ4n) is 3.37. The van der Waals surface area contributed by atoms with E-state index >= 15 is 0 Å². The highest BCUT2D eigenvalue weighted by Crippen LogP contribution is 2.35. The Hall–Kier alpha value is -4.10. The second-order valence-electron chi connectivity index (χ2n) is 7.57. The predicted molar refractivity (Wildman–Crippen MR) is 132 cm³/mol. The lowest BCUT2D eigenvalue weighted by Crippen LogP contribution is -2.31. The van der Waals surface area contributed by atoms with Crippen LogP contribution in [0.1, 0.15) is 13.8 Å². The molecule has 0 fully saturated rings. The molecule has 0 saturated carbocycles. The van der Waals surface area contributed by atoms with E-state index in [0.717, 1.165) is 0 Å². The number of para-hydroxylation sites is 1. The van der Waals surface area contributed by atoms with E-state index in [1.807, 2.05) is 0 Å². The third-order valence-electron chi connectivity index (χ3n) is 5.01. The third-order valence-corrected chi connectivity index (χ3v) is 5.34. The molecule has 7 nitrogen and oxygen atoms in total. The molecule has 3 aromatic carbocycles. The molecule has 4 rings (SSSR count). The summed E-state index contributed by atoms with van der Waals surface area (Å²) in [4.78, 5) is 37.2. The SMILES string of the molecule is CC(=O)Nc1ccc(NC(=O)C(C)Oc2c(-c3ccccc3Cl)oc3ccccc3c2=O)cc1. The summed E-state index contributed by atoms with van der Waals surface area (Å²) in [5.74, 6) is -0.614. The monoisotopic (exact) mass is 476 g/mol. The van der Waals surface area contributed by atoms with Crippen molar-refractivity contribution in [3.63, 3.8) is 0 Å². The first-order valence-electron chi connectivity index (χ1n) is 10.5. The summed E-state index contributed by atoms with van der Waals surface area (Å²) in [5, 5.41) is 6.10. The lowest BCUT2D eigenvalue weighted by Gasteiger charge is -2.17. The maximum atomic E-state index is 13.3. The molecule has 8 heteroatoms.